The Morgan fingerprint density at radius 3 is 2.57 bits per heavy atom. The van der Waals surface area contributed by atoms with Crippen LogP contribution in [-0.2, 0) is 0 Å². The van der Waals surface area contributed by atoms with Crippen molar-refractivity contribution in [2.75, 3.05) is 5.01 Å². The van der Waals surface area contributed by atoms with Crippen LogP contribution in [0.4, 0.5) is 11.0 Å². The smallest absolute Gasteiger partial charge is 0.400 e. The van der Waals surface area contributed by atoms with Crippen molar-refractivity contribution in [2.24, 2.45) is 5.10 Å². The van der Waals surface area contributed by atoms with Crippen molar-refractivity contribution in [1.29, 1.82) is 0 Å². The number of benzene rings is 2. The van der Waals surface area contributed by atoms with Crippen molar-refractivity contribution in [2.45, 2.75) is 0 Å². The van der Waals surface area contributed by atoms with Crippen molar-refractivity contribution in [1.82, 2.24) is 4.98 Å². The van der Waals surface area contributed by atoms with Gasteiger partial charge in [-0.2, -0.15) is 10.1 Å². The number of halogens is 2. The third-order valence-electron chi connectivity index (χ3n) is 3.90. The number of furan rings is 1. The van der Waals surface area contributed by atoms with E-state index < -0.39 is 16.7 Å². The highest BCUT2D eigenvalue weighted by molar-refractivity contribution is 9.10. The number of hydrazone groups is 1. The van der Waals surface area contributed by atoms with E-state index in [1.165, 1.54) is 29.7 Å². The van der Waals surface area contributed by atoms with Crippen LogP contribution in [-0.4, -0.2) is 22.0 Å². The number of carbonyl (C=O) groups is 1. The number of carbonyl (C=O) groups excluding carboxylic acids is 1. The number of rotatable bonds is 5. The third-order valence-corrected chi connectivity index (χ3v) is 5.91. The minimum Gasteiger partial charge on any atom is -0.400 e. The van der Waals surface area contributed by atoms with Crippen LogP contribution in [0.25, 0.3) is 10.2 Å². The molecule has 2 heterocycles. The molecule has 0 atom stereocenters. The summed E-state index contributed by atoms with van der Waals surface area (Å²) in [5, 5.41) is 16.5. The molecule has 2 aromatic carbocycles. The van der Waals surface area contributed by atoms with Crippen LogP contribution in [0.15, 0.2) is 73.1 Å². The highest BCUT2D eigenvalue weighted by Gasteiger charge is 2.21. The first-order valence-electron chi connectivity index (χ1n) is 8.35. The van der Waals surface area contributed by atoms with E-state index in [1.807, 2.05) is 18.2 Å². The first-order chi connectivity index (χ1) is 14.4. The Hall–Kier alpha value is -2.89. The molecule has 0 saturated carbocycles. The summed E-state index contributed by atoms with van der Waals surface area (Å²) < 4.78 is 7.69. The molecule has 4 aromatic rings. The van der Waals surface area contributed by atoms with Gasteiger partial charge >= 0.3 is 5.88 Å². The largest absolute Gasteiger partial charge is 0.433 e. The number of nitrogens with zero attached hydrogens (tertiary/aromatic N) is 4. The molecule has 0 radical (unpaired) electrons. The van der Waals surface area contributed by atoms with Crippen LogP contribution in [0, 0.1) is 10.1 Å². The molecule has 0 saturated heterocycles. The van der Waals surface area contributed by atoms with Crippen molar-refractivity contribution in [3.05, 3.63) is 85.0 Å². The van der Waals surface area contributed by atoms with E-state index in [0.29, 0.717) is 10.7 Å². The number of anilines is 1. The SMILES string of the molecule is O=C(c1ccc(Br)cc1)N(/N=C/c1ccc([N+](=O)[O-])o1)c1nc2ccc(Br)cc2s1. The fraction of sp³-hybridized carbons (Fsp3) is 0. The number of amides is 1. The highest BCUT2D eigenvalue weighted by Crippen LogP contribution is 2.32. The van der Waals surface area contributed by atoms with Gasteiger partial charge in [0.2, 0.25) is 5.13 Å². The van der Waals surface area contributed by atoms with E-state index in [1.54, 1.807) is 24.3 Å². The summed E-state index contributed by atoms with van der Waals surface area (Å²) in [6.07, 6.45) is 1.24. The summed E-state index contributed by atoms with van der Waals surface area (Å²) in [7, 11) is 0. The molecule has 0 N–H and O–H groups in total. The zero-order chi connectivity index (χ0) is 21.3. The standard InChI is InChI=1S/C19H10Br2N4O4S/c20-12-3-1-11(2-4-12)18(26)24(22-10-14-6-8-17(29-14)25(27)28)19-23-15-7-5-13(21)9-16(15)30-19/h1-10H/b22-10+. The van der Waals surface area contributed by atoms with E-state index in [2.05, 4.69) is 41.9 Å². The number of fused-ring (bicyclic) bond motifs is 1. The van der Waals surface area contributed by atoms with E-state index in [-0.39, 0.29) is 5.76 Å². The van der Waals surface area contributed by atoms with Crippen LogP contribution in [0.2, 0.25) is 0 Å². The molecule has 0 unspecified atom stereocenters. The average Bonchev–Trinajstić information content (AvgIpc) is 3.35. The molecule has 8 nitrogen and oxygen atoms in total. The quantitative estimate of drug-likeness (QED) is 0.172. The number of hydrogen-bond donors (Lipinski definition) is 0. The summed E-state index contributed by atoms with van der Waals surface area (Å²) in [5.41, 5.74) is 1.12. The van der Waals surface area contributed by atoms with E-state index in [9.17, 15) is 14.9 Å². The van der Waals surface area contributed by atoms with E-state index in [0.717, 1.165) is 24.2 Å². The van der Waals surface area contributed by atoms with Crippen LogP contribution in [0.1, 0.15) is 16.1 Å². The van der Waals surface area contributed by atoms with Gasteiger partial charge < -0.3 is 4.42 Å². The van der Waals surface area contributed by atoms with E-state index >= 15 is 0 Å². The van der Waals surface area contributed by atoms with Crippen LogP contribution in [0.5, 0.6) is 0 Å². The van der Waals surface area contributed by atoms with Crippen LogP contribution < -0.4 is 5.01 Å². The zero-order valence-corrected chi connectivity index (χ0v) is 18.8. The summed E-state index contributed by atoms with van der Waals surface area (Å²) in [4.78, 5) is 27.8. The van der Waals surface area contributed by atoms with E-state index in [4.69, 9.17) is 4.42 Å². The van der Waals surface area contributed by atoms with Gasteiger partial charge in [0.05, 0.1) is 22.5 Å². The molecule has 11 heteroatoms. The number of hydrogen-bond acceptors (Lipinski definition) is 7. The first kappa shape index (κ1) is 20.4. The lowest BCUT2D eigenvalue weighted by Gasteiger charge is -2.13. The summed E-state index contributed by atoms with van der Waals surface area (Å²) in [6.45, 7) is 0. The maximum Gasteiger partial charge on any atom is 0.433 e. The lowest BCUT2D eigenvalue weighted by atomic mass is 10.2. The molecule has 0 aliphatic rings. The Kier molecular flexibility index (Phi) is 5.75. The normalized spacial score (nSPS) is 11.3. The molecule has 1 amide bonds. The van der Waals surface area contributed by atoms with Gasteiger partial charge in [0.25, 0.3) is 5.91 Å². The predicted molar refractivity (Wildman–Crippen MR) is 121 cm³/mol. The molecule has 30 heavy (non-hydrogen) atoms. The van der Waals surface area contributed by atoms with Gasteiger partial charge in [-0.1, -0.05) is 43.2 Å². The molecule has 150 valence electrons. The summed E-state index contributed by atoms with van der Waals surface area (Å²) >= 11 is 8.06. The highest BCUT2D eigenvalue weighted by atomic mass is 79.9. The number of thiazole rings is 1. The van der Waals surface area contributed by atoms with Gasteiger partial charge in [0, 0.05) is 14.5 Å². The molecule has 0 spiro atoms. The fourth-order valence-corrected chi connectivity index (χ4v) is 4.24. The zero-order valence-electron chi connectivity index (χ0n) is 14.9. The Labute approximate surface area is 190 Å². The maximum atomic E-state index is 13.2. The number of aromatic nitrogens is 1. The Morgan fingerprint density at radius 1 is 1.13 bits per heavy atom. The van der Waals surface area contributed by atoms with Gasteiger partial charge in [-0.15, -0.1) is 0 Å². The fourth-order valence-electron chi connectivity index (χ4n) is 2.50. The first-order valence-corrected chi connectivity index (χ1v) is 10.8. The maximum absolute atomic E-state index is 13.2. The minimum atomic E-state index is -0.645. The molecule has 0 aliphatic heterocycles. The van der Waals surface area contributed by atoms with Gasteiger partial charge in [-0.05, 0) is 48.5 Å². The lowest BCUT2D eigenvalue weighted by molar-refractivity contribution is -0.402. The Balaban J connectivity index is 1.74. The van der Waals surface area contributed by atoms with Crippen molar-refractivity contribution < 1.29 is 14.1 Å². The van der Waals surface area contributed by atoms with Gasteiger partial charge in [0.15, 0.2) is 5.76 Å². The second kappa shape index (κ2) is 8.46. The second-order valence-electron chi connectivity index (χ2n) is 5.91. The Bertz CT molecular complexity index is 1280. The minimum absolute atomic E-state index is 0.138. The number of nitro groups is 1. The predicted octanol–water partition coefficient (Wildman–Crippen LogP) is 6.00. The molecule has 0 aliphatic carbocycles. The van der Waals surface area contributed by atoms with Gasteiger partial charge in [0.1, 0.15) is 4.92 Å². The van der Waals surface area contributed by atoms with Gasteiger partial charge in [-0.3, -0.25) is 14.9 Å². The van der Waals surface area contributed by atoms with Crippen molar-refractivity contribution in [3.63, 3.8) is 0 Å². The molecule has 0 fully saturated rings. The monoisotopic (exact) mass is 548 g/mol. The molecular weight excluding hydrogens is 540 g/mol. The molecule has 2 aromatic heterocycles. The topological polar surface area (TPSA) is 102 Å². The lowest BCUT2D eigenvalue weighted by Crippen LogP contribution is -2.25. The van der Waals surface area contributed by atoms with Crippen molar-refractivity contribution >= 4 is 76.6 Å². The molecule has 0 bridgehead atoms. The van der Waals surface area contributed by atoms with Crippen molar-refractivity contribution in [3.8, 4) is 0 Å². The Morgan fingerprint density at radius 2 is 1.87 bits per heavy atom. The second-order valence-corrected chi connectivity index (χ2v) is 8.75. The third kappa shape index (κ3) is 4.32. The molecule has 4 rings (SSSR count). The average molecular weight is 550 g/mol. The molecular formula is C19H10Br2N4O4S. The van der Waals surface area contributed by atoms with Gasteiger partial charge in [-0.25, -0.2) is 4.98 Å². The van der Waals surface area contributed by atoms with Crippen LogP contribution in [0.3, 0.4) is 0 Å². The summed E-state index contributed by atoms with van der Waals surface area (Å²) in [5.74, 6) is -0.677. The summed E-state index contributed by atoms with van der Waals surface area (Å²) in [6, 6.07) is 15.0. The van der Waals surface area contributed by atoms with Crippen LogP contribution >= 0.6 is 43.2 Å².